The van der Waals surface area contributed by atoms with E-state index < -0.39 is 0 Å². The molecule has 0 heterocycles. The van der Waals surface area contributed by atoms with Gasteiger partial charge in [0.15, 0.2) is 0 Å². The number of carbonyl (C=O) groups is 2. The highest BCUT2D eigenvalue weighted by atomic mass is 16.1. The van der Waals surface area contributed by atoms with Crippen LogP contribution >= 0.6 is 0 Å². The zero-order valence-electron chi connectivity index (χ0n) is 8.47. The van der Waals surface area contributed by atoms with Crippen LogP contribution in [0.3, 0.4) is 0 Å². The van der Waals surface area contributed by atoms with Gasteiger partial charge in [-0.2, -0.15) is 0 Å². The van der Waals surface area contributed by atoms with Crippen LogP contribution < -0.4 is 0 Å². The van der Waals surface area contributed by atoms with Gasteiger partial charge in [0, 0.05) is 38.5 Å². The SMILES string of the molecule is O=C1CCC#CCCC(=O)CCCC1. The first-order valence-corrected chi connectivity index (χ1v) is 5.28. The number of hydrogen-bond donors (Lipinski definition) is 0. The first-order valence-electron chi connectivity index (χ1n) is 5.28. The van der Waals surface area contributed by atoms with Crippen LogP contribution in [-0.2, 0) is 9.59 Å². The quantitative estimate of drug-likeness (QED) is 0.552. The second-order valence-electron chi connectivity index (χ2n) is 3.64. The van der Waals surface area contributed by atoms with Crippen LogP contribution in [0.5, 0.6) is 0 Å². The number of ketones is 2. The third-order valence-corrected chi connectivity index (χ3v) is 2.34. The Labute approximate surface area is 85.1 Å². The molecule has 0 fully saturated rings. The van der Waals surface area contributed by atoms with Crippen LogP contribution in [0.25, 0.3) is 0 Å². The molecule has 2 heteroatoms. The number of carbonyl (C=O) groups excluding carboxylic acids is 2. The van der Waals surface area contributed by atoms with Crippen LogP contribution in [0.15, 0.2) is 0 Å². The summed E-state index contributed by atoms with van der Waals surface area (Å²) in [6, 6.07) is 0. The topological polar surface area (TPSA) is 34.1 Å². The first-order chi connectivity index (χ1) is 6.79. The molecule has 1 aliphatic rings. The Morgan fingerprint density at radius 1 is 0.714 bits per heavy atom. The third-order valence-electron chi connectivity index (χ3n) is 2.34. The molecule has 76 valence electrons. The van der Waals surface area contributed by atoms with Crippen LogP contribution in [0, 0.1) is 11.8 Å². The molecule has 0 aromatic rings. The van der Waals surface area contributed by atoms with E-state index in [0.29, 0.717) is 38.5 Å². The van der Waals surface area contributed by atoms with Gasteiger partial charge in [0.1, 0.15) is 11.6 Å². The fraction of sp³-hybridized carbons (Fsp3) is 0.667. The normalized spacial score (nSPS) is 20.3. The van der Waals surface area contributed by atoms with Crippen LogP contribution in [0.4, 0.5) is 0 Å². The van der Waals surface area contributed by atoms with Gasteiger partial charge in [0.05, 0.1) is 0 Å². The predicted molar refractivity (Wildman–Crippen MR) is 54.7 cm³/mol. The third kappa shape index (κ3) is 4.81. The maximum Gasteiger partial charge on any atom is 0.133 e. The summed E-state index contributed by atoms with van der Waals surface area (Å²) < 4.78 is 0. The van der Waals surface area contributed by atoms with E-state index in [9.17, 15) is 9.59 Å². The van der Waals surface area contributed by atoms with Crippen molar-refractivity contribution in [2.24, 2.45) is 0 Å². The van der Waals surface area contributed by atoms with E-state index in [4.69, 9.17) is 0 Å². The molecule has 0 saturated carbocycles. The molecule has 0 aliphatic heterocycles. The lowest BCUT2D eigenvalue weighted by Crippen LogP contribution is -2.01. The van der Waals surface area contributed by atoms with E-state index >= 15 is 0 Å². The fourth-order valence-corrected chi connectivity index (χ4v) is 1.47. The van der Waals surface area contributed by atoms with Crippen molar-refractivity contribution in [1.82, 2.24) is 0 Å². The molecule has 2 nitrogen and oxygen atoms in total. The molecule has 0 aromatic heterocycles. The molecule has 0 unspecified atom stereocenters. The maximum atomic E-state index is 11.2. The van der Waals surface area contributed by atoms with Crippen LogP contribution in [0.2, 0.25) is 0 Å². The number of Topliss-reactive ketones (excluding diaryl/α,β-unsaturated/α-hetero) is 2. The standard InChI is InChI=1S/C12H16O2/c13-11-7-3-1-2-4-8-12(14)10-6-5-9-11/h3-10H2. The minimum Gasteiger partial charge on any atom is -0.300 e. The molecular formula is C12H16O2. The van der Waals surface area contributed by atoms with Crippen molar-refractivity contribution >= 4 is 11.6 Å². The van der Waals surface area contributed by atoms with Gasteiger partial charge in [-0.1, -0.05) is 0 Å². The minimum atomic E-state index is 0.285. The van der Waals surface area contributed by atoms with Gasteiger partial charge in [0.25, 0.3) is 0 Å². The van der Waals surface area contributed by atoms with Gasteiger partial charge < -0.3 is 0 Å². The van der Waals surface area contributed by atoms with Gasteiger partial charge in [0.2, 0.25) is 0 Å². The average Bonchev–Trinajstić information content (AvgIpc) is 2.16. The number of rotatable bonds is 0. The zero-order valence-corrected chi connectivity index (χ0v) is 8.47. The Kier molecular flexibility index (Phi) is 4.99. The Bertz CT molecular complexity index is 242. The highest BCUT2D eigenvalue weighted by molar-refractivity contribution is 5.80. The van der Waals surface area contributed by atoms with E-state index in [1.807, 2.05) is 0 Å². The molecule has 1 rings (SSSR count). The van der Waals surface area contributed by atoms with Crippen molar-refractivity contribution in [3.05, 3.63) is 0 Å². The number of hydrogen-bond acceptors (Lipinski definition) is 2. The summed E-state index contributed by atoms with van der Waals surface area (Å²) in [4.78, 5) is 22.5. The van der Waals surface area contributed by atoms with Crippen LogP contribution in [-0.4, -0.2) is 11.6 Å². The first kappa shape index (κ1) is 11.0. The van der Waals surface area contributed by atoms with E-state index in [1.165, 1.54) is 0 Å². The molecule has 0 atom stereocenters. The van der Waals surface area contributed by atoms with Crippen molar-refractivity contribution in [3.8, 4) is 11.8 Å². The molecule has 0 spiro atoms. The fourth-order valence-electron chi connectivity index (χ4n) is 1.47. The van der Waals surface area contributed by atoms with Crippen molar-refractivity contribution < 1.29 is 9.59 Å². The molecule has 1 aliphatic carbocycles. The van der Waals surface area contributed by atoms with E-state index in [1.54, 1.807) is 0 Å². The molecule has 0 radical (unpaired) electrons. The average molecular weight is 192 g/mol. The lowest BCUT2D eigenvalue weighted by atomic mass is 10.0. The van der Waals surface area contributed by atoms with Gasteiger partial charge in [-0.05, 0) is 12.8 Å². The van der Waals surface area contributed by atoms with Crippen molar-refractivity contribution in [1.29, 1.82) is 0 Å². The van der Waals surface area contributed by atoms with E-state index in [0.717, 1.165) is 12.8 Å². The summed E-state index contributed by atoms with van der Waals surface area (Å²) in [6.07, 6.45) is 5.45. The summed E-state index contributed by atoms with van der Waals surface area (Å²) in [5, 5.41) is 0. The Hall–Kier alpha value is -1.10. The Morgan fingerprint density at radius 2 is 1.14 bits per heavy atom. The minimum absolute atomic E-state index is 0.285. The van der Waals surface area contributed by atoms with Gasteiger partial charge in [-0.25, -0.2) is 0 Å². The largest absolute Gasteiger partial charge is 0.300 e. The van der Waals surface area contributed by atoms with Crippen molar-refractivity contribution in [2.75, 3.05) is 0 Å². The summed E-state index contributed by atoms with van der Waals surface area (Å²) >= 11 is 0. The van der Waals surface area contributed by atoms with Gasteiger partial charge >= 0.3 is 0 Å². The van der Waals surface area contributed by atoms with E-state index in [2.05, 4.69) is 11.8 Å². The second-order valence-corrected chi connectivity index (χ2v) is 3.64. The van der Waals surface area contributed by atoms with Crippen LogP contribution in [0.1, 0.15) is 51.4 Å². The molecular weight excluding hydrogens is 176 g/mol. The van der Waals surface area contributed by atoms with Gasteiger partial charge in [-0.15, -0.1) is 11.8 Å². The molecule has 0 saturated heterocycles. The summed E-state index contributed by atoms with van der Waals surface area (Å²) in [5.74, 6) is 6.43. The monoisotopic (exact) mass is 192 g/mol. The Balaban J connectivity index is 2.41. The van der Waals surface area contributed by atoms with Gasteiger partial charge in [-0.3, -0.25) is 9.59 Å². The van der Waals surface area contributed by atoms with E-state index in [-0.39, 0.29) is 11.6 Å². The molecule has 0 aromatic carbocycles. The molecule has 14 heavy (non-hydrogen) atoms. The predicted octanol–water partition coefficient (Wildman–Crippen LogP) is 2.26. The summed E-state index contributed by atoms with van der Waals surface area (Å²) in [5.41, 5.74) is 0. The highest BCUT2D eigenvalue weighted by Crippen LogP contribution is 2.07. The lowest BCUT2D eigenvalue weighted by molar-refractivity contribution is -0.120. The second kappa shape index (κ2) is 6.37. The maximum absolute atomic E-state index is 11.2. The lowest BCUT2D eigenvalue weighted by Gasteiger charge is -2.00. The zero-order chi connectivity index (χ0) is 10.2. The summed E-state index contributed by atoms with van der Waals surface area (Å²) in [7, 11) is 0. The van der Waals surface area contributed by atoms with Crippen molar-refractivity contribution in [3.63, 3.8) is 0 Å². The molecule has 0 N–H and O–H groups in total. The summed E-state index contributed by atoms with van der Waals surface area (Å²) in [6.45, 7) is 0. The smallest absolute Gasteiger partial charge is 0.133 e. The Morgan fingerprint density at radius 3 is 1.57 bits per heavy atom. The van der Waals surface area contributed by atoms with Crippen molar-refractivity contribution in [2.45, 2.75) is 51.4 Å². The molecule has 0 amide bonds. The highest BCUT2D eigenvalue weighted by Gasteiger charge is 2.04. The molecule has 0 bridgehead atoms.